The lowest BCUT2D eigenvalue weighted by Crippen LogP contribution is -2.55. The second-order valence-electron chi connectivity index (χ2n) is 12.3. The number of hydrogen-bond donors (Lipinski definition) is 1. The van der Waals surface area contributed by atoms with Crippen molar-refractivity contribution in [2.45, 2.75) is 90.6 Å². The molecule has 3 heteroatoms. The van der Waals surface area contributed by atoms with E-state index in [1.54, 1.807) is 12.1 Å². The van der Waals surface area contributed by atoms with E-state index in [9.17, 15) is 14.3 Å². The average Bonchev–Trinajstić information content (AvgIpc) is 3.07. The van der Waals surface area contributed by atoms with Gasteiger partial charge in [0, 0.05) is 12.3 Å². The first-order chi connectivity index (χ1) is 14.6. The molecule has 0 aliphatic heterocycles. The summed E-state index contributed by atoms with van der Waals surface area (Å²) in [5, 5.41) is 10.7. The number of aliphatic hydroxyl groups is 1. The Bertz CT molecular complexity index is 862. The van der Waals surface area contributed by atoms with Crippen molar-refractivity contribution < 1.29 is 14.3 Å². The number of benzene rings is 1. The molecule has 1 aromatic carbocycles. The van der Waals surface area contributed by atoms with Crippen LogP contribution in [0.4, 0.5) is 4.39 Å². The summed E-state index contributed by atoms with van der Waals surface area (Å²) in [6.07, 6.45) is 10.2. The molecule has 4 fully saturated rings. The fraction of sp³-hybridized carbons (Fsp3) is 0.750. The lowest BCUT2D eigenvalue weighted by molar-refractivity contribution is -0.150. The first kappa shape index (κ1) is 21.6. The summed E-state index contributed by atoms with van der Waals surface area (Å²) in [7, 11) is 0. The standard InChI is InChI=1S/C28H39FO2/c1-26(31)14-15-27(2)19(17-26)8-9-20-21-10-11-23(28(21,3)13-12-22(20)27)25(30)16-18-6-4-5-7-24(18)29/h4-7,19-23,31H,8-17H2,1-3H3/t19-,20+,21+,22+,23-,26-,27+,28?/m1/s1. The van der Waals surface area contributed by atoms with Crippen molar-refractivity contribution in [3.63, 3.8) is 0 Å². The Balaban J connectivity index is 1.35. The maximum absolute atomic E-state index is 14.2. The van der Waals surface area contributed by atoms with Crippen LogP contribution in [0.2, 0.25) is 0 Å². The zero-order valence-corrected chi connectivity index (χ0v) is 19.5. The second kappa shape index (κ2) is 7.40. The van der Waals surface area contributed by atoms with Gasteiger partial charge < -0.3 is 5.11 Å². The molecule has 1 unspecified atom stereocenters. The molecular formula is C28H39FO2. The highest BCUT2D eigenvalue weighted by molar-refractivity contribution is 5.84. The highest BCUT2D eigenvalue weighted by atomic mass is 19.1. The van der Waals surface area contributed by atoms with E-state index in [0.717, 1.165) is 44.4 Å². The van der Waals surface area contributed by atoms with Gasteiger partial charge in [0.15, 0.2) is 0 Å². The molecule has 0 amide bonds. The van der Waals surface area contributed by atoms with Crippen LogP contribution in [0.5, 0.6) is 0 Å². The third-order valence-electron chi connectivity index (χ3n) is 10.7. The number of halogens is 1. The van der Waals surface area contributed by atoms with Gasteiger partial charge in [-0.05, 0) is 111 Å². The van der Waals surface area contributed by atoms with E-state index in [4.69, 9.17) is 0 Å². The Kier molecular flexibility index (Phi) is 5.16. The van der Waals surface area contributed by atoms with E-state index in [-0.39, 0.29) is 29.4 Å². The molecule has 0 spiro atoms. The highest BCUT2D eigenvalue weighted by Gasteiger charge is 2.61. The first-order valence-corrected chi connectivity index (χ1v) is 12.6. The maximum atomic E-state index is 14.2. The molecule has 31 heavy (non-hydrogen) atoms. The van der Waals surface area contributed by atoms with Gasteiger partial charge in [0.2, 0.25) is 0 Å². The molecule has 1 N–H and O–H groups in total. The van der Waals surface area contributed by atoms with Crippen molar-refractivity contribution >= 4 is 5.78 Å². The Hall–Kier alpha value is -1.22. The predicted molar refractivity (Wildman–Crippen MR) is 121 cm³/mol. The van der Waals surface area contributed by atoms with Crippen molar-refractivity contribution in [3.05, 3.63) is 35.6 Å². The normalized spacial score (nSPS) is 46.7. The largest absolute Gasteiger partial charge is 0.390 e. The molecule has 5 rings (SSSR count). The van der Waals surface area contributed by atoms with Crippen LogP contribution in [-0.4, -0.2) is 16.5 Å². The van der Waals surface area contributed by atoms with Gasteiger partial charge >= 0.3 is 0 Å². The molecule has 4 aliphatic rings. The SMILES string of the molecule is CC12CC[C@H]3[C@@H](CC[C@@H]4C[C@](C)(O)CC[C@@]43C)[C@@H]1CC[C@@H]2C(=O)Cc1ccccc1F. The molecule has 2 nitrogen and oxygen atoms in total. The van der Waals surface area contributed by atoms with Gasteiger partial charge in [-0.2, -0.15) is 0 Å². The van der Waals surface area contributed by atoms with Crippen LogP contribution in [-0.2, 0) is 11.2 Å². The van der Waals surface area contributed by atoms with Gasteiger partial charge in [-0.15, -0.1) is 0 Å². The van der Waals surface area contributed by atoms with Crippen LogP contribution < -0.4 is 0 Å². The molecular weight excluding hydrogens is 387 g/mol. The minimum Gasteiger partial charge on any atom is -0.390 e. The number of Topliss-reactive ketones (excluding diaryl/α,β-unsaturated/α-hetero) is 1. The maximum Gasteiger partial charge on any atom is 0.140 e. The summed E-state index contributed by atoms with van der Waals surface area (Å²) in [4.78, 5) is 13.4. The van der Waals surface area contributed by atoms with Gasteiger partial charge in [0.25, 0.3) is 0 Å². The van der Waals surface area contributed by atoms with Crippen LogP contribution >= 0.6 is 0 Å². The Morgan fingerprint density at radius 3 is 2.48 bits per heavy atom. The molecule has 0 bridgehead atoms. The number of carbonyl (C=O) groups is 1. The molecule has 170 valence electrons. The third-order valence-corrected chi connectivity index (χ3v) is 10.7. The van der Waals surface area contributed by atoms with Crippen LogP contribution in [0.15, 0.2) is 24.3 Å². The van der Waals surface area contributed by atoms with Gasteiger partial charge in [-0.1, -0.05) is 32.0 Å². The van der Waals surface area contributed by atoms with Crippen LogP contribution in [0, 0.1) is 46.2 Å². The highest BCUT2D eigenvalue weighted by Crippen LogP contribution is 2.68. The summed E-state index contributed by atoms with van der Waals surface area (Å²) in [6.45, 7) is 6.92. The molecule has 0 heterocycles. The minimum absolute atomic E-state index is 0.0763. The van der Waals surface area contributed by atoms with E-state index in [2.05, 4.69) is 13.8 Å². The summed E-state index contributed by atoms with van der Waals surface area (Å²) in [6, 6.07) is 6.75. The lowest BCUT2D eigenvalue weighted by atomic mass is 9.44. The van der Waals surface area contributed by atoms with Crippen molar-refractivity contribution in [2.24, 2.45) is 40.4 Å². The fourth-order valence-electron chi connectivity index (χ4n) is 8.91. The Morgan fingerprint density at radius 2 is 1.71 bits per heavy atom. The number of carbonyl (C=O) groups excluding carboxylic acids is 1. The monoisotopic (exact) mass is 426 g/mol. The second-order valence-corrected chi connectivity index (χ2v) is 12.3. The predicted octanol–water partition coefficient (Wildman–Crippen LogP) is 6.35. The molecule has 0 aromatic heterocycles. The average molecular weight is 427 g/mol. The molecule has 0 radical (unpaired) electrons. The number of ketones is 1. The summed E-state index contributed by atoms with van der Waals surface area (Å²) in [5.74, 6) is 2.80. The molecule has 4 aliphatic carbocycles. The Labute approximate surface area is 187 Å². The van der Waals surface area contributed by atoms with E-state index >= 15 is 0 Å². The zero-order valence-electron chi connectivity index (χ0n) is 19.5. The Morgan fingerprint density at radius 1 is 0.968 bits per heavy atom. The van der Waals surface area contributed by atoms with E-state index in [1.165, 1.54) is 25.3 Å². The quantitative estimate of drug-likeness (QED) is 0.612. The smallest absolute Gasteiger partial charge is 0.140 e. The van der Waals surface area contributed by atoms with Crippen molar-refractivity contribution in [1.29, 1.82) is 0 Å². The van der Waals surface area contributed by atoms with E-state index in [1.807, 2.05) is 13.0 Å². The first-order valence-electron chi connectivity index (χ1n) is 12.6. The lowest BCUT2D eigenvalue weighted by Gasteiger charge is -2.61. The van der Waals surface area contributed by atoms with Crippen LogP contribution in [0.25, 0.3) is 0 Å². The third kappa shape index (κ3) is 3.41. The summed E-state index contributed by atoms with van der Waals surface area (Å²) >= 11 is 0. The van der Waals surface area contributed by atoms with Crippen molar-refractivity contribution in [1.82, 2.24) is 0 Å². The number of hydrogen-bond acceptors (Lipinski definition) is 2. The van der Waals surface area contributed by atoms with Crippen molar-refractivity contribution in [2.75, 3.05) is 0 Å². The van der Waals surface area contributed by atoms with Gasteiger partial charge in [0.1, 0.15) is 11.6 Å². The van der Waals surface area contributed by atoms with Crippen LogP contribution in [0.3, 0.4) is 0 Å². The fourth-order valence-corrected chi connectivity index (χ4v) is 8.91. The summed E-state index contributed by atoms with van der Waals surface area (Å²) in [5.41, 5.74) is 0.488. The topological polar surface area (TPSA) is 37.3 Å². The van der Waals surface area contributed by atoms with Gasteiger partial charge in [-0.3, -0.25) is 4.79 Å². The number of fused-ring (bicyclic) bond motifs is 5. The van der Waals surface area contributed by atoms with Gasteiger partial charge in [0.05, 0.1) is 5.60 Å². The van der Waals surface area contributed by atoms with Crippen molar-refractivity contribution in [3.8, 4) is 0 Å². The van der Waals surface area contributed by atoms with Crippen LogP contribution in [0.1, 0.15) is 84.1 Å². The number of rotatable bonds is 3. The van der Waals surface area contributed by atoms with E-state index < -0.39 is 5.60 Å². The summed E-state index contributed by atoms with van der Waals surface area (Å²) < 4.78 is 14.2. The molecule has 4 saturated carbocycles. The molecule has 8 atom stereocenters. The molecule has 0 saturated heterocycles. The van der Waals surface area contributed by atoms with E-state index in [0.29, 0.717) is 28.7 Å². The zero-order chi connectivity index (χ0) is 22.0. The molecule has 1 aromatic rings. The minimum atomic E-state index is -0.488. The van der Waals surface area contributed by atoms with Gasteiger partial charge in [-0.25, -0.2) is 4.39 Å².